The largest absolute Gasteiger partial charge is 0.394 e. The number of pyridine rings is 1. The summed E-state index contributed by atoms with van der Waals surface area (Å²) in [6, 6.07) is 14.6. The summed E-state index contributed by atoms with van der Waals surface area (Å²) >= 11 is 0. The van der Waals surface area contributed by atoms with E-state index >= 15 is 0 Å². The van der Waals surface area contributed by atoms with Crippen molar-refractivity contribution in [2.75, 3.05) is 6.61 Å². The van der Waals surface area contributed by atoms with Crippen LogP contribution in [0, 0.1) is 11.3 Å². The number of benzene rings is 1. The second-order valence-electron chi connectivity index (χ2n) is 6.32. The standard InChI is InChI=1S/C21H21N3O2/c1-2-5-15-7-9-16(10-8-15)21-18(13-22)24(19(21)14-25)20(26)12-17-6-3-4-11-23-17/h2-11,18-19,21,25H,12,14H2,1H3/b5-2+/t18-,19-,21+/m0/s1. The Bertz CT molecular complexity index is 825. The highest BCUT2D eigenvalue weighted by Gasteiger charge is 2.51. The first-order chi connectivity index (χ1) is 12.7. The molecule has 3 rings (SSSR count). The maximum absolute atomic E-state index is 12.7. The summed E-state index contributed by atoms with van der Waals surface area (Å²) in [5, 5.41) is 19.4. The molecule has 1 aromatic carbocycles. The van der Waals surface area contributed by atoms with E-state index in [2.05, 4.69) is 11.1 Å². The number of likely N-dealkylation sites (tertiary alicyclic amines) is 1. The molecule has 0 radical (unpaired) electrons. The molecule has 132 valence electrons. The number of carbonyl (C=O) groups excluding carboxylic acids is 1. The van der Waals surface area contributed by atoms with Crippen LogP contribution in [0.15, 0.2) is 54.7 Å². The molecule has 3 atom stereocenters. The monoisotopic (exact) mass is 347 g/mol. The van der Waals surface area contributed by atoms with E-state index in [0.717, 1.165) is 11.1 Å². The molecule has 0 bridgehead atoms. The van der Waals surface area contributed by atoms with Gasteiger partial charge in [-0.2, -0.15) is 5.26 Å². The first-order valence-corrected chi connectivity index (χ1v) is 8.63. The first kappa shape index (κ1) is 17.8. The zero-order chi connectivity index (χ0) is 18.5. The highest BCUT2D eigenvalue weighted by molar-refractivity contribution is 5.81. The van der Waals surface area contributed by atoms with Crippen LogP contribution in [0.25, 0.3) is 6.08 Å². The average Bonchev–Trinajstić information content (AvgIpc) is 2.64. The molecule has 1 aliphatic heterocycles. The fourth-order valence-electron chi connectivity index (χ4n) is 3.52. The number of carbonyl (C=O) groups is 1. The van der Waals surface area contributed by atoms with Gasteiger partial charge in [-0.1, -0.05) is 42.5 Å². The smallest absolute Gasteiger partial charge is 0.230 e. The Morgan fingerprint density at radius 1 is 1.31 bits per heavy atom. The van der Waals surface area contributed by atoms with Crippen LogP contribution in [0.4, 0.5) is 0 Å². The molecular weight excluding hydrogens is 326 g/mol. The van der Waals surface area contributed by atoms with E-state index in [-0.39, 0.29) is 30.9 Å². The van der Waals surface area contributed by atoms with Gasteiger partial charge in [-0.15, -0.1) is 0 Å². The number of aromatic nitrogens is 1. The Kier molecular flexibility index (Phi) is 5.45. The van der Waals surface area contributed by atoms with Crippen molar-refractivity contribution in [3.63, 3.8) is 0 Å². The molecule has 0 saturated carbocycles. The van der Waals surface area contributed by atoms with Crippen LogP contribution >= 0.6 is 0 Å². The summed E-state index contributed by atoms with van der Waals surface area (Å²) in [7, 11) is 0. The number of aliphatic hydroxyl groups is 1. The van der Waals surface area contributed by atoms with Gasteiger partial charge in [0.05, 0.1) is 25.1 Å². The van der Waals surface area contributed by atoms with Crippen molar-refractivity contribution in [1.29, 1.82) is 5.26 Å². The summed E-state index contributed by atoms with van der Waals surface area (Å²) in [4.78, 5) is 18.3. The van der Waals surface area contributed by atoms with Gasteiger partial charge < -0.3 is 10.0 Å². The van der Waals surface area contributed by atoms with Crippen molar-refractivity contribution in [1.82, 2.24) is 9.88 Å². The quantitative estimate of drug-likeness (QED) is 0.902. The molecule has 2 aromatic rings. The molecule has 2 heterocycles. The number of allylic oxidation sites excluding steroid dienone is 1. The van der Waals surface area contributed by atoms with Crippen LogP contribution in [0.5, 0.6) is 0 Å². The van der Waals surface area contributed by atoms with Gasteiger partial charge in [0.25, 0.3) is 0 Å². The summed E-state index contributed by atoms with van der Waals surface area (Å²) in [6.45, 7) is 1.78. The Labute approximate surface area is 153 Å². The van der Waals surface area contributed by atoms with Gasteiger partial charge in [-0.05, 0) is 30.2 Å². The summed E-state index contributed by atoms with van der Waals surface area (Å²) in [5.41, 5.74) is 2.70. The lowest BCUT2D eigenvalue weighted by Crippen LogP contribution is -2.65. The number of rotatable bonds is 5. The number of nitrogens with zero attached hydrogens (tertiary/aromatic N) is 3. The Hall–Kier alpha value is -2.97. The SMILES string of the molecule is C/C=C/c1ccc([C@@H]2[C@H](C#N)N(C(=O)Cc3ccccn3)[C@H]2CO)cc1. The fraction of sp³-hybridized carbons (Fsp3) is 0.286. The van der Waals surface area contributed by atoms with E-state index in [1.165, 1.54) is 4.90 Å². The van der Waals surface area contributed by atoms with Gasteiger partial charge in [-0.25, -0.2) is 0 Å². The molecule has 1 aromatic heterocycles. The fourth-order valence-corrected chi connectivity index (χ4v) is 3.52. The van der Waals surface area contributed by atoms with Crippen LogP contribution in [0.3, 0.4) is 0 Å². The minimum absolute atomic E-state index is 0.127. The molecule has 5 heteroatoms. The normalized spacial score (nSPS) is 22.0. The third-order valence-corrected chi connectivity index (χ3v) is 4.76. The molecule has 0 aliphatic carbocycles. The van der Waals surface area contributed by atoms with E-state index in [9.17, 15) is 15.2 Å². The summed E-state index contributed by atoms with van der Waals surface area (Å²) in [5.74, 6) is -0.367. The molecule has 0 spiro atoms. The molecule has 1 aliphatic rings. The Morgan fingerprint density at radius 3 is 2.65 bits per heavy atom. The van der Waals surface area contributed by atoms with Crippen molar-refractivity contribution < 1.29 is 9.90 Å². The van der Waals surface area contributed by atoms with Gasteiger partial charge in [0.15, 0.2) is 0 Å². The van der Waals surface area contributed by atoms with Crippen molar-refractivity contribution in [2.24, 2.45) is 0 Å². The maximum Gasteiger partial charge on any atom is 0.230 e. The van der Waals surface area contributed by atoms with Crippen LogP contribution in [0.2, 0.25) is 0 Å². The highest BCUT2D eigenvalue weighted by Crippen LogP contribution is 2.40. The van der Waals surface area contributed by atoms with Crippen molar-refractivity contribution >= 4 is 12.0 Å². The average molecular weight is 347 g/mol. The molecule has 1 saturated heterocycles. The molecule has 1 N–H and O–H groups in total. The van der Waals surface area contributed by atoms with Crippen LogP contribution in [-0.4, -0.2) is 39.6 Å². The maximum atomic E-state index is 12.7. The lowest BCUT2D eigenvalue weighted by molar-refractivity contribution is -0.146. The molecule has 26 heavy (non-hydrogen) atoms. The number of hydrogen-bond acceptors (Lipinski definition) is 4. The lowest BCUT2D eigenvalue weighted by atomic mass is 9.75. The van der Waals surface area contributed by atoms with Gasteiger partial charge in [0.2, 0.25) is 5.91 Å². The second-order valence-corrected chi connectivity index (χ2v) is 6.32. The van der Waals surface area contributed by atoms with E-state index in [1.807, 2.05) is 49.4 Å². The number of aliphatic hydroxyl groups excluding tert-OH is 1. The van der Waals surface area contributed by atoms with E-state index < -0.39 is 6.04 Å². The number of nitriles is 1. The second kappa shape index (κ2) is 7.94. The number of amides is 1. The van der Waals surface area contributed by atoms with Crippen molar-refractivity contribution in [2.45, 2.75) is 31.3 Å². The van der Waals surface area contributed by atoms with Gasteiger partial charge in [0.1, 0.15) is 6.04 Å². The minimum atomic E-state index is -0.573. The molecular formula is C21H21N3O2. The van der Waals surface area contributed by atoms with Gasteiger partial charge >= 0.3 is 0 Å². The molecule has 1 amide bonds. The van der Waals surface area contributed by atoms with E-state index in [0.29, 0.717) is 5.69 Å². The topological polar surface area (TPSA) is 77.2 Å². The van der Waals surface area contributed by atoms with E-state index in [4.69, 9.17) is 0 Å². The lowest BCUT2D eigenvalue weighted by Gasteiger charge is -2.51. The van der Waals surface area contributed by atoms with Crippen LogP contribution in [-0.2, 0) is 11.2 Å². The van der Waals surface area contributed by atoms with Crippen LogP contribution < -0.4 is 0 Å². The third kappa shape index (κ3) is 3.37. The summed E-state index contributed by atoms with van der Waals surface area (Å²) < 4.78 is 0. The predicted molar refractivity (Wildman–Crippen MR) is 99.0 cm³/mol. The van der Waals surface area contributed by atoms with Crippen LogP contribution in [0.1, 0.15) is 29.7 Å². The zero-order valence-electron chi connectivity index (χ0n) is 14.6. The zero-order valence-corrected chi connectivity index (χ0v) is 14.6. The predicted octanol–water partition coefficient (Wildman–Crippen LogP) is 2.54. The van der Waals surface area contributed by atoms with Crippen molar-refractivity contribution in [3.05, 3.63) is 71.6 Å². The summed E-state index contributed by atoms with van der Waals surface area (Å²) in [6.07, 6.45) is 5.73. The number of hydrogen-bond donors (Lipinski definition) is 1. The molecule has 1 fully saturated rings. The van der Waals surface area contributed by atoms with Gasteiger partial charge in [0, 0.05) is 17.8 Å². The van der Waals surface area contributed by atoms with E-state index in [1.54, 1.807) is 18.3 Å². The van der Waals surface area contributed by atoms with Gasteiger partial charge in [-0.3, -0.25) is 9.78 Å². The third-order valence-electron chi connectivity index (χ3n) is 4.76. The Morgan fingerprint density at radius 2 is 2.08 bits per heavy atom. The Balaban J connectivity index is 1.79. The minimum Gasteiger partial charge on any atom is -0.394 e. The van der Waals surface area contributed by atoms with Crippen molar-refractivity contribution in [3.8, 4) is 6.07 Å². The first-order valence-electron chi connectivity index (χ1n) is 8.63. The highest BCUT2D eigenvalue weighted by atomic mass is 16.3. The molecule has 5 nitrogen and oxygen atoms in total. The molecule has 0 unspecified atom stereocenters.